The topological polar surface area (TPSA) is 72.9 Å². The number of hydrogen-bond donors (Lipinski definition) is 2. The zero-order valence-corrected chi connectivity index (χ0v) is 17.1. The summed E-state index contributed by atoms with van der Waals surface area (Å²) in [5.41, 5.74) is 10.4. The van der Waals surface area contributed by atoms with Crippen LogP contribution in [0.5, 0.6) is 0 Å². The van der Waals surface area contributed by atoms with Crippen molar-refractivity contribution in [2.24, 2.45) is 5.73 Å². The van der Waals surface area contributed by atoms with Gasteiger partial charge >= 0.3 is 0 Å². The lowest BCUT2D eigenvalue weighted by Crippen LogP contribution is -2.41. The first-order valence-corrected chi connectivity index (χ1v) is 10.5. The second kappa shape index (κ2) is 9.57. The number of nitrogens with one attached hydrogen (secondary N) is 1. The Hall–Kier alpha value is -2.57. The lowest BCUT2D eigenvalue weighted by atomic mass is 10.1. The summed E-state index contributed by atoms with van der Waals surface area (Å²) in [6.45, 7) is 3.29. The molecular weight excluding hydrogens is 368 g/mol. The quantitative estimate of drug-likeness (QED) is 0.576. The maximum absolute atomic E-state index is 12.4. The van der Waals surface area contributed by atoms with E-state index in [1.807, 2.05) is 35.2 Å². The van der Waals surface area contributed by atoms with Crippen LogP contribution >= 0.6 is 11.8 Å². The van der Waals surface area contributed by atoms with Crippen molar-refractivity contribution in [2.75, 3.05) is 6.26 Å². The van der Waals surface area contributed by atoms with Crippen LogP contribution in [0.25, 0.3) is 0 Å². The first kappa shape index (κ1) is 20.2. The third kappa shape index (κ3) is 5.47. The molecule has 0 fully saturated rings. The summed E-state index contributed by atoms with van der Waals surface area (Å²) >= 11 is 1.68. The summed E-state index contributed by atoms with van der Waals surface area (Å²) in [6.07, 6.45) is 6.18. The van der Waals surface area contributed by atoms with Gasteiger partial charge in [-0.25, -0.2) is 4.98 Å². The molecule has 1 amide bonds. The van der Waals surface area contributed by atoms with Crippen molar-refractivity contribution < 1.29 is 4.79 Å². The SMILES string of the molecule is CSc1cc(C)ccc1CNC(=O)[C@@H](N)Cc1cn(Cc2ccccc2)cn1. The highest BCUT2D eigenvalue weighted by atomic mass is 32.2. The van der Waals surface area contributed by atoms with Gasteiger partial charge < -0.3 is 15.6 Å². The molecule has 0 spiro atoms. The Morgan fingerprint density at radius 3 is 2.79 bits per heavy atom. The number of aryl methyl sites for hydroxylation is 1. The Labute approximate surface area is 170 Å². The Kier molecular flexibility index (Phi) is 6.90. The van der Waals surface area contributed by atoms with Crippen molar-refractivity contribution >= 4 is 17.7 Å². The largest absolute Gasteiger partial charge is 0.351 e. The maximum Gasteiger partial charge on any atom is 0.237 e. The van der Waals surface area contributed by atoms with Gasteiger partial charge in [0, 0.05) is 30.6 Å². The number of carbonyl (C=O) groups excluding carboxylic acids is 1. The average Bonchev–Trinajstić information content (AvgIpc) is 3.14. The van der Waals surface area contributed by atoms with Crippen molar-refractivity contribution in [3.63, 3.8) is 0 Å². The summed E-state index contributed by atoms with van der Waals surface area (Å²) in [5, 5.41) is 2.95. The fraction of sp³-hybridized carbons (Fsp3) is 0.273. The number of benzene rings is 2. The van der Waals surface area contributed by atoms with E-state index in [1.165, 1.54) is 16.0 Å². The molecule has 3 rings (SSSR count). The van der Waals surface area contributed by atoms with E-state index in [4.69, 9.17) is 5.73 Å². The van der Waals surface area contributed by atoms with Crippen LogP contribution < -0.4 is 11.1 Å². The van der Waals surface area contributed by atoms with Crippen LogP contribution in [0, 0.1) is 6.92 Å². The molecule has 0 aliphatic heterocycles. The van der Waals surface area contributed by atoms with Gasteiger partial charge in [0.05, 0.1) is 18.1 Å². The first-order valence-electron chi connectivity index (χ1n) is 9.26. The van der Waals surface area contributed by atoms with E-state index in [0.717, 1.165) is 17.8 Å². The number of imidazole rings is 1. The molecule has 0 unspecified atom stereocenters. The number of nitrogens with zero attached hydrogens (tertiary/aromatic N) is 2. The van der Waals surface area contributed by atoms with Gasteiger partial charge in [0.2, 0.25) is 5.91 Å². The van der Waals surface area contributed by atoms with Gasteiger partial charge in [0.1, 0.15) is 0 Å². The van der Waals surface area contributed by atoms with E-state index in [-0.39, 0.29) is 5.91 Å². The molecule has 0 aliphatic carbocycles. The first-order chi connectivity index (χ1) is 13.5. The van der Waals surface area contributed by atoms with Crippen LogP contribution in [0.4, 0.5) is 0 Å². The molecule has 2 aromatic carbocycles. The summed E-state index contributed by atoms with van der Waals surface area (Å²) in [6, 6.07) is 15.8. The molecule has 146 valence electrons. The number of thioether (sulfide) groups is 1. The smallest absolute Gasteiger partial charge is 0.237 e. The highest BCUT2D eigenvalue weighted by molar-refractivity contribution is 7.98. The Bertz CT molecular complexity index is 923. The van der Waals surface area contributed by atoms with Crippen molar-refractivity contribution in [1.82, 2.24) is 14.9 Å². The molecule has 5 nitrogen and oxygen atoms in total. The van der Waals surface area contributed by atoms with E-state index in [1.54, 1.807) is 18.1 Å². The second-order valence-electron chi connectivity index (χ2n) is 6.87. The summed E-state index contributed by atoms with van der Waals surface area (Å²) in [5.74, 6) is -0.162. The average molecular weight is 395 g/mol. The van der Waals surface area contributed by atoms with Crippen LogP contribution in [0.3, 0.4) is 0 Å². The van der Waals surface area contributed by atoms with Gasteiger partial charge in [0.15, 0.2) is 0 Å². The predicted molar refractivity (Wildman–Crippen MR) is 114 cm³/mol. The summed E-state index contributed by atoms with van der Waals surface area (Å²) < 4.78 is 2.01. The monoisotopic (exact) mass is 394 g/mol. The Morgan fingerprint density at radius 1 is 1.25 bits per heavy atom. The number of aromatic nitrogens is 2. The van der Waals surface area contributed by atoms with Crippen LogP contribution in [0.2, 0.25) is 0 Å². The zero-order valence-electron chi connectivity index (χ0n) is 16.3. The zero-order chi connectivity index (χ0) is 19.9. The van der Waals surface area contributed by atoms with Gasteiger partial charge in [-0.1, -0.05) is 42.5 Å². The molecule has 0 bridgehead atoms. The Morgan fingerprint density at radius 2 is 2.04 bits per heavy atom. The van der Waals surface area contributed by atoms with E-state index in [2.05, 4.69) is 47.6 Å². The number of nitrogens with two attached hydrogens (primary N) is 1. The van der Waals surface area contributed by atoms with E-state index in [9.17, 15) is 4.79 Å². The molecule has 1 heterocycles. The number of hydrogen-bond acceptors (Lipinski definition) is 4. The molecule has 28 heavy (non-hydrogen) atoms. The molecule has 3 N–H and O–H groups in total. The molecular formula is C22H26N4OS. The van der Waals surface area contributed by atoms with Crippen LogP contribution in [0.15, 0.2) is 66.0 Å². The van der Waals surface area contributed by atoms with E-state index >= 15 is 0 Å². The van der Waals surface area contributed by atoms with Crippen molar-refractivity contribution in [3.8, 4) is 0 Å². The summed E-state index contributed by atoms with van der Waals surface area (Å²) in [4.78, 5) is 18.0. The van der Waals surface area contributed by atoms with Gasteiger partial charge in [-0.3, -0.25) is 4.79 Å². The molecule has 0 aliphatic rings. The van der Waals surface area contributed by atoms with Gasteiger partial charge in [0.25, 0.3) is 0 Å². The van der Waals surface area contributed by atoms with Crippen molar-refractivity contribution in [2.45, 2.75) is 37.4 Å². The van der Waals surface area contributed by atoms with Crippen LogP contribution in [-0.4, -0.2) is 27.8 Å². The fourth-order valence-electron chi connectivity index (χ4n) is 3.02. The molecule has 1 atom stereocenters. The third-order valence-electron chi connectivity index (χ3n) is 4.56. The number of amides is 1. The number of rotatable bonds is 8. The Balaban J connectivity index is 1.53. The summed E-state index contributed by atoms with van der Waals surface area (Å²) in [7, 11) is 0. The molecule has 6 heteroatoms. The lowest BCUT2D eigenvalue weighted by Gasteiger charge is -2.13. The van der Waals surface area contributed by atoms with Crippen molar-refractivity contribution in [1.29, 1.82) is 0 Å². The van der Waals surface area contributed by atoms with Gasteiger partial charge in [-0.05, 0) is 35.9 Å². The van der Waals surface area contributed by atoms with Gasteiger partial charge in [-0.15, -0.1) is 11.8 Å². The lowest BCUT2D eigenvalue weighted by molar-refractivity contribution is -0.122. The second-order valence-corrected chi connectivity index (χ2v) is 7.71. The molecule has 0 saturated carbocycles. The fourth-order valence-corrected chi connectivity index (χ4v) is 3.73. The highest BCUT2D eigenvalue weighted by Gasteiger charge is 2.16. The van der Waals surface area contributed by atoms with Crippen molar-refractivity contribution in [3.05, 3.63) is 83.4 Å². The molecule has 0 saturated heterocycles. The normalized spacial score (nSPS) is 12.0. The third-order valence-corrected chi connectivity index (χ3v) is 5.38. The van der Waals surface area contributed by atoms with Crippen LogP contribution in [0.1, 0.15) is 22.4 Å². The van der Waals surface area contributed by atoms with E-state index in [0.29, 0.717) is 13.0 Å². The standard InChI is InChI=1S/C22H26N4OS/c1-16-8-9-18(21(10-16)28-2)12-24-22(27)20(23)11-19-14-26(15-25-19)13-17-6-4-3-5-7-17/h3-10,14-15,20H,11-13,23H2,1-2H3,(H,24,27)/t20-/m0/s1. The molecule has 3 aromatic rings. The highest BCUT2D eigenvalue weighted by Crippen LogP contribution is 2.21. The minimum absolute atomic E-state index is 0.162. The van der Waals surface area contributed by atoms with Crippen LogP contribution in [-0.2, 0) is 24.3 Å². The predicted octanol–water partition coefficient (Wildman–Crippen LogP) is 3.15. The molecule has 0 radical (unpaired) electrons. The minimum atomic E-state index is -0.622. The van der Waals surface area contributed by atoms with E-state index < -0.39 is 6.04 Å². The number of carbonyl (C=O) groups is 1. The maximum atomic E-state index is 12.4. The minimum Gasteiger partial charge on any atom is -0.351 e. The van der Waals surface area contributed by atoms with Gasteiger partial charge in [-0.2, -0.15) is 0 Å². The molecule has 1 aromatic heterocycles.